The van der Waals surface area contributed by atoms with Gasteiger partial charge in [0.15, 0.2) is 0 Å². The van der Waals surface area contributed by atoms with Gasteiger partial charge < -0.3 is 9.64 Å². The smallest absolute Gasteiger partial charge is 0.305 e. The first-order chi connectivity index (χ1) is 12.5. The largest absolute Gasteiger partial charge is 0.469 e. The molecule has 1 fully saturated rings. The molecule has 138 valence electrons. The molecule has 1 aliphatic rings. The van der Waals surface area contributed by atoms with Crippen molar-refractivity contribution in [1.29, 1.82) is 5.26 Å². The molecule has 1 aliphatic heterocycles. The fourth-order valence-corrected chi connectivity index (χ4v) is 3.37. The lowest BCUT2D eigenvalue weighted by Gasteiger charge is -2.41. The van der Waals surface area contributed by atoms with Crippen molar-refractivity contribution in [2.45, 2.75) is 25.3 Å². The summed E-state index contributed by atoms with van der Waals surface area (Å²) in [6.07, 6.45) is 0.627. The molecular weight excluding hydrogens is 338 g/mol. The zero-order chi connectivity index (χ0) is 19.1. The van der Waals surface area contributed by atoms with Crippen LogP contribution in [0.3, 0.4) is 0 Å². The number of likely N-dealkylation sites (tertiary alicyclic amines) is 1. The second kappa shape index (κ2) is 8.94. The van der Waals surface area contributed by atoms with E-state index in [4.69, 9.17) is 4.74 Å². The topological polar surface area (TPSA) is 114 Å². The van der Waals surface area contributed by atoms with Crippen LogP contribution in [0, 0.1) is 33.3 Å². The number of carbonyl (C=O) groups excluding carboxylic acids is 2. The lowest BCUT2D eigenvalue weighted by atomic mass is 9.78. The Labute approximate surface area is 151 Å². The summed E-state index contributed by atoms with van der Waals surface area (Å²) in [5, 5.41) is 20.3. The zero-order valence-electron chi connectivity index (χ0n) is 14.5. The van der Waals surface area contributed by atoms with E-state index in [0.29, 0.717) is 12.0 Å². The predicted octanol–water partition coefficient (Wildman–Crippen LogP) is 1.89. The monoisotopic (exact) mass is 359 g/mol. The quantitative estimate of drug-likeness (QED) is 0.435. The van der Waals surface area contributed by atoms with Crippen LogP contribution < -0.4 is 0 Å². The van der Waals surface area contributed by atoms with E-state index in [1.54, 1.807) is 30.3 Å². The van der Waals surface area contributed by atoms with Gasteiger partial charge in [-0.3, -0.25) is 19.7 Å². The normalized spacial score (nSPS) is 22.3. The molecule has 0 spiro atoms. The molecule has 26 heavy (non-hydrogen) atoms. The van der Waals surface area contributed by atoms with Crippen LogP contribution in [0.2, 0.25) is 0 Å². The van der Waals surface area contributed by atoms with Gasteiger partial charge in [-0.15, -0.1) is 0 Å². The summed E-state index contributed by atoms with van der Waals surface area (Å²) >= 11 is 0. The molecule has 0 saturated carbocycles. The van der Waals surface area contributed by atoms with Gasteiger partial charge >= 0.3 is 5.97 Å². The third-order valence-electron chi connectivity index (χ3n) is 4.77. The summed E-state index contributed by atoms with van der Waals surface area (Å²) in [6.45, 7) is -0.0334. The fraction of sp³-hybridized carbons (Fsp3) is 0.500. The maximum Gasteiger partial charge on any atom is 0.305 e. The number of nitriles is 1. The SMILES string of the molecule is COC(=O)C[C@H]1C[C@H](C#N)N(C(=O)c2ccccc2)C[C@@H]1CC[N+](=O)[O-]. The number of ether oxygens (including phenoxy) is 1. The molecule has 1 heterocycles. The minimum Gasteiger partial charge on any atom is -0.469 e. The van der Waals surface area contributed by atoms with Crippen molar-refractivity contribution in [2.24, 2.45) is 11.8 Å². The Balaban J connectivity index is 2.22. The van der Waals surface area contributed by atoms with E-state index >= 15 is 0 Å². The number of amides is 1. The molecule has 0 aliphatic carbocycles. The minimum atomic E-state index is -0.677. The first-order valence-corrected chi connectivity index (χ1v) is 8.40. The summed E-state index contributed by atoms with van der Waals surface area (Å²) in [5.41, 5.74) is 0.465. The number of nitro groups is 1. The van der Waals surface area contributed by atoms with Crippen molar-refractivity contribution in [1.82, 2.24) is 4.90 Å². The Morgan fingerprint density at radius 3 is 2.62 bits per heavy atom. The average molecular weight is 359 g/mol. The molecule has 3 atom stereocenters. The maximum atomic E-state index is 12.8. The Morgan fingerprint density at radius 2 is 2.04 bits per heavy atom. The van der Waals surface area contributed by atoms with Gasteiger partial charge in [0.05, 0.1) is 13.2 Å². The molecule has 8 heteroatoms. The molecule has 1 aromatic carbocycles. The van der Waals surface area contributed by atoms with E-state index in [1.807, 2.05) is 0 Å². The summed E-state index contributed by atoms with van der Waals surface area (Å²) in [7, 11) is 1.28. The van der Waals surface area contributed by atoms with Gasteiger partial charge in [-0.25, -0.2) is 0 Å². The summed E-state index contributed by atoms with van der Waals surface area (Å²) in [6, 6.07) is 10.1. The van der Waals surface area contributed by atoms with Crippen molar-refractivity contribution in [3.63, 3.8) is 0 Å². The highest BCUT2D eigenvalue weighted by atomic mass is 16.6. The van der Waals surface area contributed by atoms with Crippen LogP contribution in [-0.2, 0) is 9.53 Å². The number of esters is 1. The zero-order valence-corrected chi connectivity index (χ0v) is 14.5. The summed E-state index contributed by atoms with van der Waals surface area (Å²) in [5.74, 6) is -1.16. The molecule has 1 amide bonds. The van der Waals surface area contributed by atoms with Gasteiger partial charge in [0, 0.05) is 29.9 Å². The van der Waals surface area contributed by atoms with E-state index in [9.17, 15) is 25.0 Å². The number of hydrogen-bond donors (Lipinski definition) is 0. The van der Waals surface area contributed by atoms with Gasteiger partial charge in [0.2, 0.25) is 6.54 Å². The highest BCUT2D eigenvalue weighted by Crippen LogP contribution is 2.33. The Kier molecular flexibility index (Phi) is 6.67. The number of benzene rings is 1. The first-order valence-electron chi connectivity index (χ1n) is 8.40. The van der Waals surface area contributed by atoms with Gasteiger partial charge in [-0.05, 0) is 30.4 Å². The van der Waals surface area contributed by atoms with Crippen molar-refractivity contribution in [2.75, 3.05) is 20.2 Å². The molecule has 0 unspecified atom stereocenters. The number of rotatable bonds is 6. The number of piperidine rings is 1. The van der Waals surface area contributed by atoms with Crippen LogP contribution in [0.25, 0.3) is 0 Å². The molecule has 8 nitrogen and oxygen atoms in total. The van der Waals surface area contributed by atoms with Gasteiger partial charge in [0.25, 0.3) is 5.91 Å². The lowest BCUT2D eigenvalue weighted by molar-refractivity contribution is -0.482. The molecule has 1 aromatic rings. The minimum absolute atomic E-state index is 0.0877. The van der Waals surface area contributed by atoms with Gasteiger partial charge in [-0.1, -0.05) is 18.2 Å². The second-order valence-electron chi connectivity index (χ2n) is 6.35. The fourth-order valence-electron chi connectivity index (χ4n) is 3.37. The van der Waals surface area contributed by atoms with Crippen molar-refractivity contribution in [3.8, 4) is 6.07 Å². The molecule has 0 bridgehead atoms. The highest BCUT2D eigenvalue weighted by molar-refractivity contribution is 5.94. The Hall–Kier alpha value is -2.95. The first kappa shape index (κ1) is 19.4. The number of methoxy groups -OCH3 is 1. The van der Waals surface area contributed by atoms with E-state index < -0.39 is 16.9 Å². The van der Waals surface area contributed by atoms with Crippen LogP contribution >= 0.6 is 0 Å². The van der Waals surface area contributed by atoms with Crippen molar-refractivity contribution < 1.29 is 19.2 Å². The maximum absolute atomic E-state index is 12.8. The van der Waals surface area contributed by atoms with E-state index in [1.165, 1.54) is 12.0 Å². The lowest BCUT2D eigenvalue weighted by Crippen LogP contribution is -2.50. The molecule has 0 radical (unpaired) electrons. The van der Waals surface area contributed by atoms with E-state index in [2.05, 4.69) is 6.07 Å². The highest BCUT2D eigenvalue weighted by Gasteiger charge is 2.39. The average Bonchev–Trinajstić information content (AvgIpc) is 2.66. The Bertz CT molecular complexity index is 701. The number of carbonyl (C=O) groups is 2. The van der Waals surface area contributed by atoms with Crippen LogP contribution in [-0.4, -0.2) is 47.9 Å². The molecular formula is C18H21N3O5. The Morgan fingerprint density at radius 1 is 1.35 bits per heavy atom. The van der Waals surface area contributed by atoms with Crippen LogP contribution in [0.4, 0.5) is 0 Å². The third-order valence-corrected chi connectivity index (χ3v) is 4.77. The summed E-state index contributed by atoms with van der Waals surface area (Å²) < 4.78 is 4.70. The molecule has 0 aromatic heterocycles. The standard InChI is InChI=1S/C18H21N3O5/c1-26-17(22)10-15-9-16(11-19)20(12-14(15)7-8-21(24)25)18(23)13-5-3-2-4-6-13/h2-6,14-16H,7-10,12H2,1H3/t14-,15+,16+/m0/s1. The molecule has 2 rings (SSSR count). The molecule has 0 N–H and O–H groups in total. The van der Waals surface area contributed by atoms with Crippen LogP contribution in [0.1, 0.15) is 29.6 Å². The number of nitrogens with zero attached hydrogens (tertiary/aromatic N) is 3. The van der Waals surface area contributed by atoms with Crippen LogP contribution in [0.15, 0.2) is 30.3 Å². The number of hydrogen-bond acceptors (Lipinski definition) is 6. The van der Waals surface area contributed by atoms with Gasteiger partial charge in [0.1, 0.15) is 6.04 Å². The van der Waals surface area contributed by atoms with Crippen molar-refractivity contribution >= 4 is 11.9 Å². The summed E-state index contributed by atoms with van der Waals surface area (Å²) in [4.78, 5) is 36.3. The van der Waals surface area contributed by atoms with Crippen LogP contribution in [0.5, 0.6) is 0 Å². The van der Waals surface area contributed by atoms with Gasteiger partial charge in [-0.2, -0.15) is 5.26 Å². The molecule has 1 saturated heterocycles. The van der Waals surface area contributed by atoms with E-state index in [0.717, 1.165) is 0 Å². The third kappa shape index (κ3) is 4.79. The van der Waals surface area contributed by atoms with E-state index in [-0.39, 0.29) is 43.7 Å². The van der Waals surface area contributed by atoms with Crippen molar-refractivity contribution in [3.05, 3.63) is 46.0 Å². The second-order valence-corrected chi connectivity index (χ2v) is 6.35. The predicted molar refractivity (Wildman–Crippen MR) is 91.6 cm³/mol.